The summed E-state index contributed by atoms with van der Waals surface area (Å²) in [5, 5.41) is 10.1. The van der Waals surface area contributed by atoms with Crippen LogP contribution < -0.4 is 10.1 Å². The fraction of sp³-hybridized carbons (Fsp3) is 0.500. The van der Waals surface area contributed by atoms with Crippen LogP contribution in [0, 0.1) is 13.8 Å². The Labute approximate surface area is 187 Å². The number of aromatic nitrogens is 2. The van der Waals surface area contributed by atoms with E-state index in [9.17, 15) is 14.4 Å². The van der Waals surface area contributed by atoms with Crippen LogP contribution in [0.2, 0.25) is 0 Å². The highest BCUT2D eigenvalue weighted by atomic mass is 16.5. The van der Waals surface area contributed by atoms with Crippen molar-refractivity contribution in [1.29, 1.82) is 0 Å². The Balaban J connectivity index is 1.45. The molecule has 1 saturated heterocycles. The summed E-state index contributed by atoms with van der Waals surface area (Å²) in [6, 6.07) is 6.39. The molecule has 32 heavy (non-hydrogen) atoms. The number of rotatable bonds is 4. The average Bonchev–Trinajstić information content (AvgIpc) is 3.01. The minimum atomic E-state index is -0.704. The molecule has 8 nitrogen and oxygen atoms in total. The first kappa shape index (κ1) is 22.0. The first-order valence-electron chi connectivity index (χ1n) is 11.1. The first-order valence-corrected chi connectivity index (χ1v) is 11.1. The summed E-state index contributed by atoms with van der Waals surface area (Å²) in [4.78, 5) is 40.2. The van der Waals surface area contributed by atoms with E-state index in [1.54, 1.807) is 24.0 Å². The fourth-order valence-corrected chi connectivity index (χ4v) is 4.93. The summed E-state index contributed by atoms with van der Waals surface area (Å²) in [6.45, 7) is 7.83. The molecule has 2 aliphatic heterocycles. The summed E-state index contributed by atoms with van der Waals surface area (Å²) in [5.41, 5.74) is 2.60. The lowest BCUT2D eigenvalue weighted by Gasteiger charge is -2.37. The molecule has 2 amide bonds. The number of hydrogen-bond donors (Lipinski definition) is 2. The number of ketones is 1. The van der Waals surface area contributed by atoms with Crippen LogP contribution in [0.25, 0.3) is 0 Å². The van der Waals surface area contributed by atoms with Gasteiger partial charge in [0.25, 0.3) is 0 Å². The van der Waals surface area contributed by atoms with E-state index in [1.807, 2.05) is 32.9 Å². The van der Waals surface area contributed by atoms with Gasteiger partial charge in [-0.05, 0) is 46.2 Å². The number of nitrogens with one attached hydrogen (secondary N) is 2. The zero-order valence-corrected chi connectivity index (χ0v) is 19.0. The predicted molar refractivity (Wildman–Crippen MR) is 118 cm³/mol. The molecule has 2 aliphatic rings. The van der Waals surface area contributed by atoms with Crippen LogP contribution in [0.5, 0.6) is 5.75 Å². The molecule has 1 aromatic heterocycles. The molecule has 4 rings (SSSR count). The van der Waals surface area contributed by atoms with Gasteiger partial charge in [-0.1, -0.05) is 12.1 Å². The van der Waals surface area contributed by atoms with Crippen LogP contribution in [0.4, 0.5) is 0 Å². The number of hydrogen-bond acceptors (Lipinski definition) is 5. The van der Waals surface area contributed by atoms with Crippen molar-refractivity contribution in [2.24, 2.45) is 0 Å². The summed E-state index contributed by atoms with van der Waals surface area (Å²) in [6.07, 6.45) is 1.46. The number of carbonyl (C=O) groups is 3. The molecule has 1 spiro atoms. The van der Waals surface area contributed by atoms with E-state index >= 15 is 0 Å². The number of aryl methyl sites for hydroxylation is 2. The average molecular weight is 439 g/mol. The van der Waals surface area contributed by atoms with Crippen molar-refractivity contribution in [2.75, 3.05) is 6.54 Å². The van der Waals surface area contributed by atoms with Gasteiger partial charge in [-0.15, -0.1) is 0 Å². The molecule has 0 bridgehead atoms. The molecule has 0 unspecified atom stereocenters. The van der Waals surface area contributed by atoms with Gasteiger partial charge >= 0.3 is 0 Å². The molecular formula is C24H30N4O4. The van der Waals surface area contributed by atoms with E-state index in [2.05, 4.69) is 15.5 Å². The number of benzene rings is 1. The number of aromatic amines is 1. The maximum Gasteiger partial charge on any atom is 0.242 e. The number of likely N-dealkylation sites (tertiary alicyclic amines) is 1. The lowest BCUT2D eigenvalue weighted by atomic mass is 9.84. The van der Waals surface area contributed by atoms with Crippen molar-refractivity contribution in [3.63, 3.8) is 0 Å². The number of amides is 2. The van der Waals surface area contributed by atoms with Gasteiger partial charge in [0.05, 0.1) is 23.7 Å². The molecule has 0 saturated carbocycles. The Hall–Kier alpha value is -3.16. The molecule has 0 radical (unpaired) electrons. The van der Waals surface area contributed by atoms with Crippen LogP contribution in [-0.4, -0.2) is 50.9 Å². The molecule has 2 N–H and O–H groups in total. The Bertz CT molecular complexity index is 1040. The third-order valence-electron chi connectivity index (χ3n) is 6.74. The Kier molecular flexibility index (Phi) is 5.79. The van der Waals surface area contributed by atoms with Crippen molar-refractivity contribution >= 4 is 17.6 Å². The zero-order chi connectivity index (χ0) is 23.0. The number of Topliss-reactive ketones (excluding diaryl/α,β-unsaturated/α-hetero) is 1. The largest absolute Gasteiger partial charge is 0.486 e. The molecule has 8 heteroatoms. The predicted octanol–water partition coefficient (Wildman–Crippen LogP) is 3.01. The quantitative estimate of drug-likeness (QED) is 0.764. The van der Waals surface area contributed by atoms with Crippen molar-refractivity contribution in [3.05, 3.63) is 46.8 Å². The maximum atomic E-state index is 13.0. The van der Waals surface area contributed by atoms with Crippen molar-refractivity contribution < 1.29 is 19.1 Å². The Morgan fingerprint density at radius 2 is 1.97 bits per heavy atom. The SMILES string of the molecule is Cc1n[nH]c(C)c1[C@@H](C)NC(=O)[C@@H](C)N1CC[C@@]2(CCC1=O)CC(=O)c1ccccc1O2. The number of para-hydroxylation sites is 1. The van der Waals surface area contributed by atoms with E-state index in [-0.39, 0.29) is 36.5 Å². The van der Waals surface area contributed by atoms with Crippen LogP contribution >= 0.6 is 0 Å². The van der Waals surface area contributed by atoms with Gasteiger partial charge < -0.3 is 15.0 Å². The highest BCUT2D eigenvalue weighted by molar-refractivity contribution is 6.00. The highest BCUT2D eigenvalue weighted by Crippen LogP contribution is 2.39. The Morgan fingerprint density at radius 3 is 2.69 bits per heavy atom. The van der Waals surface area contributed by atoms with Gasteiger partial charge in [0.1, 0.15) is 17.4 Å². The summed E-state index contributed by atoms with van der Waals surface area (Å²) in [7, 11) is 0. The van der Waals surface area contributed by atoms with E-state index in [0.29, 0.717) is 30.7 Å². The second kappa shape index (κ2) is 8.41. The van der Waals surface area contributed by atoms with E-state index in [4.69, 9.17) is 4.74 Å². The molecule has 0 aliphatic carbocycles. The fourth-order valence-electron chi connectivity index (χ4n) is 4.93. The standard InChI is InChI=1S/C24H30N4O4/c1-14(22-15(2)26-27-16(22)3)25-23(31)17(4)28-12-11-24(10-9-21(28)30)13-19(29)18-7-5-6-8-20(18)32-24/h5-8,14,17H,9-13H2,1-4H3,(H,25,31)(H,26,27)/t14-,17-,24+/m1/s1. The van der Waals surface area contributed by atoms with E-state index in [0.717, 1.165) is 17.0 Å². The molecule has 3 heterocycles. The van der Waals surface area contributed by atoms with Crippen LogP contribution in [0.15, 0.2) is 24.3 Å². The van der Waals surface area contributed by atoms with Gasteiger partial charge in [0, 0.05) is 30.6 Å². The second-order valence-electron chi connectivity index (χ2n) is 8.97. The third-order valence-corrected chi connectivity index (χ3v) is 6.74. The minimum Gasteiger partial charge on any atom is -0.486 e. The number of H-pyrrole nitrogens is 1. The van der Waals surface area contributed by atoms with Crippen molar-refractivity contribution in [3.8, 4) is 5.75 Å². The minimum absolute atomic E-state index is 0.0400. The van der Waals surface area contributed by atoms with Crippen molar-refractivity contribution in [1.82, 2.24) is 20.4 Å². The van der Waals surface area contributed by atoms with Gasteiger partial charge in [-0.25, -0.2) is 0 Å². The number of fused-ring (bicyclic) bond motifs is 1. The van der Waals surface area contributed by atoms with Crippen LogP contribution in [0.3, 0.4) is 0 Å². The van der Waals surface area contributed by atoms with Crippen LogP contribution in [0.1, 0.15) is 72.9 Å². The monoisotopic (exact) mass is 438 g/mol. The van der Waals surface area contributed by atoms with Crippen LogP contribution in [-0.2, 0) is 9.59 Å². The summed E-state index contributed by atoms with van der Waals surface area (Å²) in [5.74, 6) is 0.309. The summed E-state index contributed by atoms with van der Waals surface area (Å²) >= 11 is 0. The van der Waals surface area contributed by atoms with Gasteiger partial charge in [-0.3, -0.25) is 19.5 Å². The lowest BCUT2D eigenvalue weighted by molar-refractivity contribution is -0.139. The molecule has 1 fully saturated rings. The molecule has 3 atom stereocenters. The normalized spacial score (nSPS) is 22.7. The lowest BCUT2D eigenvalue weighted by Crippen LogP contribution is -2.49. The smallest absolute Gasteiger partial charge is 0.242 e. The van der Waals surface area contributed by atoms with E-state index < -0.39 is 11.6 Å². The molecular weight excluding hydrogens is 408 g/mol. The Morgan fingerprint density at radius 1 is 1.22 bits per heavy atom. The molecule has 1 aromatic carbocycles. The number of carbonyl (C=O) groups excluding carboxylic acids is 3. The number of ether oxygens (including phenoxy) is 1. The first-order chi connectivity index (χ1) is 15.2. The maximum absolute atomic E-state index is 13.0. The van der Waals surface area contributed by atoms with Gasteiger partial charge in [0.2, 0.25) is 11.8 Å². The topological polar surface area (TPSA) is 104 Å². The zero-order valence-electron chi connectivity index (χ0n) is 19.0. The highest BCUT2D eigenvalue weighted by Gasteiger charge is 2.44. The molecule has 2 aromatic rings. The second-order valence-corrected chi connectivity index (χ2v) is 8.97. The summed E-state index contributed by atoms with van der Waals surface area (Å²) < 4.78 is 6.28. The third kappa shape index (κ3) is 4.01. The van der Waals surface area contributed by atoms with Gasteiger partial charge in [0.15, 0.2) is 5.78 Å². The molecule has 170 valence electrons. The van der Waals surface area contributed by atoms with E-state index in [1.165, 1.54) is 0 Å². The van der Waals surface area contributed by atoms with Crippen molar-refractivity contribution in [2.45, 2.75) is 71.1 Å². The van der Waals surface area contributed by atoms with Gasteiger partial charge in [-0.2, -0.15) is 5.10 Å². The number of nitrogens with zero attached hydrogens (tertiary/aromatic N) is 2.